The lowest BCUT2D eigenvalue weighted by molar-refractivity contribution is 1.08. The Kier molecular flexibility index (Phi) is 6.13. The van der Waals surface area contributed by atoms with Crippen LogP contribution in [0.3, 0.4) is 0 Å². The Morgan fingerprint density at radius 1 is 0.281 bits per heavy atom. The molecule has 0 fully saturated rings. The van der Waals surface area contributed by atoms with Crippen LogP contribution in [0, 0.1) is 0 Å². The van der Waals surface area contributed by atoms with Crippen LogP contribution in [0.15, 0.2) is 194 Å². The van der Waals surface area contributed by atoms with E-state index in [-0.39, 0.29) is 0 Å². The average molecular weight is 725 g/mol. The van der Waals surface area contributed by atoms with Gasteiger partial charge in [-0.3, -0.25) is 4.57 Å². The first-order valence-corrected chi connectivity index (χ1v) is 19.6. The lowest BCUT2D eigenvalue weighted by Gasteiger charge is -2.14. The summed E-state index contributed by atoms with van der Waals surface area (Å²) in [6, 6.07) is 70.7. The second kappa shape index (κ2) is 11.4. The summed E-state index contributed by atoms with van der Waals surface area (Å²) in [6.07, 6.45) is 0. The first-order valence-electron chi connectivity index (χ1n) is 19.6. The van der Waals surface area contributed by atoms with Crippen LogP contribution in [-0.4, -0.2) is 18.4 Å². The monoisotopic (exact) mass is 724 g/mol. The van der Waals surface area contributed by atoms with E-state index in [1.54, 1.807) is 0 Å². The Labute approximate surface area is 326 Å². The third kappa shape index (κ3) is 4.19. The average Bonchev–Trinajstić information content (AvgIpc) is 3.91. The van der Waals surface area contributed by atoms with E-state index in [1.165, 1.54) is 65.2 Å². The number of rotatable bonds is 3. The third-order valence-corrected chi connectivity index (χ3v) is 12.1. The fourth-order valence-electron chi connectivity index (χ4n) is 9.75. The zero-order valence-electron chi connectivity index (χ0n) is 30.8. The Bertz CT molecular complexity index is 3730. The summed E-state index contributed by atoms with van der Waals surface area (Å²) in [6.45, 7) is 0. The molecule has 5 aromatic heterocycles. The summed E-state index contributed by atoms with van der Waals surface area (Å²) < 4.78 is 7.43. The van der Waals surface area contributed by atoms with Gasteiger partial charge in [0.15, 0.2) is 0 Å². The molecule has 0 aliphatic rings. The van der Waals surface area contributed by atoms with E-state index < -0.39 is 0 Å². The molecule has 0 saturated carbocycles. The van der Waals surface area contributed by atoms with Crippen LogP contribution in [0.2, 0.25) is 0 Å². The lowest BCUT2D eigenvalue weighted by Crippen LogP contribution is -2.01. The van der Waals surface area contributed by atoms with Gasteiger partial charge in [0, 0.05) is 48.7 Å². The van der Waals surface area contributed by atoms with E-state index in [2.05, 4.69) is 207 Å². The molecule has 0 spiro atoms. The van der Waals surface area contributed by atoms with Gasteiger partial charge in [0.2, 0.25) is 0 Å². The van der Waals surface area contributed by atoms with Crippen LogP contribution in [-0.2, 0) is 0 Å². The predicted molar refractivity (Wildman–Crippen MR) is 239 cm³/mol. The number of aromatic nitrogens is 4. The molecule has 264 valence electrons. The molecule has 5 heterocycles. The summed E-state index contributed by atoms with van der Waals surface area (Å²) in [4.78, 5) is 5.48. The van der Waals surface area contributed by atoms with Crippen molar-refractivity contribution in [2.45, 2.75) is 0 Å². The van der Waals surface area contributed by atoms with Crippen LogP contribution in [0.1, 0.15) is 0 Å². The number of hydrogen-bond acceptors (Lipinski definition) is 1. The molecule has 0 aliphatic heterocycles. The first kappa shape index (κ1) is 30.6. The number of benzene rings is 8. The van der Waals surface area contributed by atoms with Crippen molar-refractivity contribution in [3.8, 4) is 28.2 Å². The molecule has 0 saturated heterocycles. The molecule has 13 aromatic rings. The molecule has 57 heavy (non-hydrogen) atoms. The van der Waals surface area contributed by atoms with Gasteiger partial charge in [-0.05, 0) is 53.6 Å². The predicted octanol–water partition coefficient (Wildman–Crippen LogP) is 13.8. The van der Waals surface area contributed by atoms with Crippen molar-refractivity contribution in [1.82, 2.24) is 18.4 Å². The first-order chi connectivity index (χ1) is 28.3. The fourth-order valence-corrected chi connectivity index (χ4v) is 9.75. The quantitative estimate of drug-likeness (QED) is 0.178. The largest absolute Gasteiger partial charge is 0.306 e. The molecule has 0 N–H and O–H groups in total. The van der Waals surface area contributed by atoms with Gasteiger partial charge in [-0.15, -0.1) is 0 Å². The van der Waals surface area contributed by atoms with Gasteiger partial charge in [-0.25, -0.2) is 4.98 Å². The Hall–Kier alpha value is -7.69. The van der Waals surface area contributed by atoms with Crippen molar-refractivity contribution in [2.75, 3.05) is 0 Å². The Morgan fingerprint density at radius 2 is 0.737 bits per heavy atom. The minimum Gasteiger partial charge on any atom is -0.306 e. The van der Waals surface area contributed by atoms with Crippen LogP contribution in [0.5, 0.6) is 0 Å². The van der Waals surface area contributed by atoms with Crippen molar-refractivity contribution in [3.63, 3.8) is 0 Å². The van der Waals surface area contributed by atoms with Crippen molar-refractivity contribution >= 4 is 87.2 Å². The van der Waals surface area contributed by atoms with Gasteiger partial charge in [-0.1, -0.05) is 152 Å². The van der Waals surface area contributed by atoms with Crippen molar-refractivity contribution in [1.29, 1.82) is 0 Å². The number of hydrogen-bond donors (Lipinski definition) is 0. The highest BCUT2D eigenvalue weighted by molar-refractivity contribution is 6.26. The molecular formula is C53H32N4. The van der Waals surface area contributed by atoms with E-state index in [4.69, 9.17) is 4.98 Å². The van der Waals surface area contributed by atoms with Gasteiger partial charge in [0.25, 0.3) is 0 Å². The third-order valence-electron chi connectivity index (χ3n) is 12.1. The van der Waals surface area contributed by atoms with Gasteiger partial charge < -0.3 is 8.80 Å². The highest BCUT2D eigenvalue weighted by Gasteiger charge is 2.22. The minimum atomic E-state index is 0.884. The smallest absolute Gasteiger partial charge is 0.138 e. The maximum atomic E-state index is 5.48. The topological polar surface area (TPSA) is 26.6 Å². The Morgan fingerprint density at radius 3 is 1.33 bits per heavy atom. The molecule has 0 atom stereocenters. The van der Waals surface area contributed by atoms with Crippen molar-refractivity contribution in [3.05, 3.63) is 194 Å². The highest BCUT2D eigenvalue weighted by Crippen LogP contribution is 2.43. The fraction of sp³-hybridized carbons (Fsp3) is 0. The molecule has 0 radical (unpaired) electrons. The summed E-state index contributed by atoms with van der Waals surface area (Å²) in [5, 5.41) is 9.85. The number of nitrogens with zero attached hydrogens (tertiary/aromatic N) is 4. The van der Waals surface area contributed by atoms with E-state index >= 15 is 0 Å². The summed E-state index contributed by atoms with van der Waals surface area (Å²) >= 11 is 0. The second-order valence-electron chi connectivity index (χ2n) is 15.2. The molecule has 4 nitrogen and oxygen atoms in total. The summed E-state index contributed by atoms with van der Waals surface area (Å²) in [5.41, 5.74) is 13.7. The lowest BCUT2D eigenvalue weighted by atomic mass is 10.0. The number of pyridine rings is 1. The molecule has 0 amide bonds. The summed E-state index contributed by atoms with van der Waals surface area (Å²) in [7, 11) is 0. The van der Waals surface area contributed by atoms with Crippen LogP contribution < -0.4 is 0 Å². The van der Waals surface area contributed by atoms with Crippen molar-refractivity contribution < 1.29 is 0 Å². The molecule has 4 heteroatoms. The zero-order valence-corrected chi connectivity index (χ0v) is 30.8. The maximum absolute atomic E-state index is 5.48. The number of fused-ring (bicyclic) bond motifs is 13. The minimum absolute atomic E-state index is 0.884. The van der Waals surface area contributed by atoms with E-state index in [1.807, 2.05) is 0 Å². The molecular weight excluding hydrogens is 693 g/mol. The van der Waals surface area contributed by atoms with Gasteiger partial charge in [0.05, 0.1) is 49.8 Å². The van der Waals surface area contributed by atoms with E-state index in [0.717, 1.165) is 50.3 Å². The molecule has 13 rings (SSSR count). The molecule has 0 unspecified atom stereocenters. The van der Waals surface area contributed by atoms with E-state index in [9.17, 15) is 0 Å². The normalized spacial score (nSPS) is 12.2. The van der Waals surface area contributed by atoms with Gasteiger partial charge in [0.1, 0.15) is 5.82 Å². The van der Waals surface area contributed by atoms with Crippen LogP contribution >= 0.6 is 0 Å². The van der Waals surface area contributed by atoms with E-state index in [0.29, 0.717) is 0 Å². The SMILES string of the molecule is c1ccc(-c2cc(-c3ccccc3)nc(-n3c4ccccc4c4cc5c(cc43)n3c4ccccc4c4cccc(c6cccc7c8ccccc8n5c76)c43)c2)cc1. The molecule has 0 bridgehead atoms. The second-order valence-corrected chi connectivity index (χ2v) is 15.2. The molecule has 0 aliphatic carbocycles. The maximum Gasteiger partial charge on any atom is 0.138 e. The van der Waals surface area contributed by atoms with Gasteiger partial charge in [-0.2, -0.15) is 0 Å². The highest BCUT2D eigenvalue weighted by atomic mass is 15.1. The van der Waals surface area contributed by atoms with Crippen LogP contribution in [0.25, 0.3) is 115 Å². The summed E-state index contributed by atoms with van der Waals surface area (Å²) in [5.74, 6) is 0.884. The number of para-hydroxylation sites is 5. The van der Waals surface area contributed by atoms with Crippen LogP contribution in [0.4, 0.5) is 0 Å². The van der Waals surface area contributed by atoms with Crippen molar-refractivity contribution in [2.24, 2.45) is 0 Å². The zero-order chi connectivity index (χ0) is 37.2. The van der Waals surface area contributed by atoms with Gasteiger partial charge >= 0.3 is 0 Å². The molecule has 8 aromatic carbocycles. The standard InChI is InChI=1S/C53H32N4/c1-3-15-33(16-4-1)35-29-44(34-17-5-2-6-18-34)54-51(30-35)55-45-26-10-9-21-38(45)43-31-49-50(32-48(43)55)57-47-28-12-8-20-37(47)40-23-14-25-42(53(40)57)41-24-13-22-39-36-19-7-11-27-46(36)56(49)52(39)41/h1-32H. The Balaban J connectivity index is 1.29.